The molecule has 0 unspecified atom stereocenters. The Kier molecular flexibility index (Phi) is 5.53. The molecular weight excluding hydrogens is 362 g/mol. The van der Waals surface area contributed by atoms with Crippen molar-refractivity contribution in [3.63, 3.8) is 0 Å². The second kappa shape index (κ2) is 7.70. The lowest BCUT2D eigenvalue weighted by Crippen LogP contribution is -2.58. The minimum absolute atomic E-state index is 0.0388. The molecule has 1 N–H and O–H groups in total. The van der Waals surface area contributed by atoms with Crippen molar-refractivity contribution in [2.45, 2.75) is 23.3 Å². The number of para-hydroxylation sites is 1. The van der Waals surface area contributed by atoms with Crippen molar-refractivity contribution in [2.24, 2.45) is 0 Å². The van der Waals surface area contributed by atoms with Gasteiger partial charge in [-0.25, -0.2) is 8.42 Å². The first-order valence-electron chi connectivity index (χ1n) is 8.95. The Balaban J connectivity index is 1.83. The summed E-state index contributed by atoms with van der Waals surface area (Å²) in [6.07, 6.45) is 0.815. The van der Waals surface area contributed by atoms with Crippen LogP contribution >= 0.6 is 0 Å². The summed E-state index contributed by atoms with van der Waals surface area (Å²) in [6, 6.07) is 18.0. The van der Waals surface area contributed by atoms with Gasteiger partial charge >= 0.3 is 0 Å². The van der Waals surface area contributed by atoms with E-state index in [2.05, 4.69) is 5.32 Å². The van der Waals surface area contributed by atoms with E-state index in [0.717, 1.165) is 5.69 Å². The zero-order chi connectivity index (χ0) is 19.5. The Morgan fingerprint density at radius 1 is 0.963 bits per heavy atom. The Morgan fingerprint density at radius 3 is 2.00 bits per heavy atom. The number of anilines is 1. The van der Waals surface area contributed by atoms with E-state index in [1.165, 1.54) is 4.31 Å². The van der Waals surface area contributed by atoms with Gasteiger partial charge in [-0.15, -0.1) is 0 Å². The fraction of sp³-hybridized carbons (Fsp3) is 0.350. The number of hydrogen-bond acceptors (Lipinski definition) is 4. The monoisotopic (exact) mass is 387 g/mol. The van der Waals surface area contributed by atoms with E-state index >= 15 is 0 Å². The molecule has 1 amide bonds. The van der Waals surface area contributed by atoms with E-state index in [1.54, 1.807) is 49.3 Å². The predicted octanol–water partition coefficient (Wildman–Crippen LogP) is 2.41. The van der Waals surface area contributed by atoms with Gasteiger partial charge in [0.1, 0.15) is 5.54 Å². The molecule has 0 radical (unpaired) electrons. The number of amides is 1. The van der Waals surface area contributed by atoms with Gasteiger partial charge < -0.3 is 10.2 Å². The summed E-state index contributed by atoms with van der Waals surface area (Å²) in [6.45, 7) is 0.577. The quantitative estimate of drug-likeness (QED) is 0.855. The molecular formula is C20H25N3O3S. The fourth-order valence-corrected chi connectivity index (χ4v) is 4.93. The number of rotatable bonds is 5. The average molecular weight is 388 g/mol. The summed E-state index contributed by atoms with van der Waals surface area (Å²) in [7, 11) is -0.0983. The second-order valence-corrected chi connectivity index (χ2v) is 8.93. The van der Waals surface area contributed by atoms with Crippen LogP contribution < -0.4 is 5.32 Å². The Hall–Kier alpha value is -2.38. The van der Waals surface area contributed by atoms with Crippen LogP contribution in [0, 0.1) is 0 Å². The Bertz CT molecular complexity index is 875. The minimum atomic E-state index is -3.55. The molecule has 2 aromatic carbocycles. The van der Waals surface area contributed by atoms with E-state index < -0.39 is 15.6 Å². The molecule has 0 atom stereocenters. The van der Waals surface area contributed by atoms with Crippen LogP contribution in [-0.2, 0) is 14.8 Å². The molecule has 0 bridgehead atoms. The molecule has 2 aromatic rings. The van der Waals surface area contributed by atoms with Crippen LogP contribution in [-0.4, -0.2) is 56.3 Å². The molecule has 1 fully saturated rings. The van der Waals surface area contributed by atoms with Crippen LogP contribution in [0.5, 0.6) is 0 Å². The highest BCUT2D eigenvalue weighted by Gasteiger charge is 2.44. The Labute approximate surface area is 160 Å². The maximum atomic E-state index is 12.9. The van der Waals surface area contributed by atoms with Gasteiger partial charge in [-0.1, -0.05) is 36.4 Å². The third kappa shape index (κ3) is 3.99. The zero-order valence-electron chi connectivity index (χ0n) is 15.6. The predicted molar refractivity (Wildman–Crippen MR) is 106 cm³/mol. The normalized spacial score (nSPS) is 17.3. The van der Waals surface area contributed by atoms with Crippen LogP contribution in [0.4, 0.5) is 5.69 Å². The molecule has 6 nitrogen and oxygen atoms in total. The lowest BCUT2D eigenvalue weighted by Gasteiger charge is -2.42. The lowest BCUT2D eigenvalue weighted by atomic mass is 9.86. The largest absolute Gasteiger partial charge is 0.371 e. The first-order valence-corrected chi connectivity index (χ1v) is 10.4. The van der Waals surface area contributed by atoms with Crippen molar-refractivity contribution >= 4 is 21.6 Å². The first kappa shape index (κ1) is 19.4. The van der Waals surface area contributed by atoms with Gasteiger partial charge in [0.2, 0.25) is 15.9 Å². The molecule has 0 saturated carbocycles. The van der Waals surface area contributed by atoms with Crippen molar-refractivity contribution in [3.05, 3.63) is 60.7 Å². The minimum Gasteiger partial charge on any atom is -0.371 e. The molecule has 1 aliphatic rings. The van der Waals surface area contributed by atoms with Gasteiger partial charge in [-0.2, -0.15) is 4.31 Å². The van der Waals surface area contributed by atoms with Crippen LogP contribution in [0.3, 0.4) is 0 Å². The van der Waals surface area contributed by atoms with Crippen molar-refractivity contribution in [3.8, 4) is 0 Å². The molecule has 0 aromatic heterocycles. The van der Waals surface area contributed by atoms with E-state index in [9.17, 15) is 13.2 Å². The summed E-state index contributed by atoms with van der Waals surface area (Å²) in [4.78, 5) is 14.8. The summed E-state index contributed by atoms with van der Waals surface area (Å²) in [5.74, 6) is -0.0388. The van der Waals surface area contributed by atoms with Crippen LogP contribution in [0.1, 0.15) is 12.8 Å². The van der Waals surface area contributed by atoms with Gasteiger partial charge in [-0.3, -0.25) is 4.79 Å². The zero-order valence-corrected chi connectivity index (χ0v) is 16.4. The second-order valence-electron chi connectivity index (χ2n) is 6.99. The van der Waals surface area contributed by atoms with Crippen LogP contribution in [0.15, 0.2) is 65.6 Å². The number of carbonyl (C=O) groups excluding carboxylic acids is 1. The van der Waals surface area contributed by atoms with Gasteiger partial charge in [0.05, 0.1) is 4.90 Å². The standard InChI is InChI=1S/C20H25N3O3S/c1-22(2)19(24)20(21-17-9-5-3-6-10-17)13-15-23(16-14-20)27(25,26)18-11-7-4-8-12-18/h3-12,21H,13-16H2,1-2H3. The number of piperidine rings is 1. The number of likely N-dealkylation sites (N-methyl/N-ethyl adjacent to an activating group) is 1. The third-order valence-corrected chi connectivity index (χ3v) is 6.84. The summed E-state index contributed by atoms with van der Waals surface area (Å²) in [5.41, 5.74) is 0.0418. The van der Waals surface area contributed by atoms with E-state index in [4.69, 9.17) is 0 Å². The molecule has 27 heavy (non-hydrogen) atoms. The number of carbonyl (C=O) groups is 1. The molecule has 1 aliphatic heterocycles. The van der Waals surface area contributed by atoms with E-state index in [1.807, 2.05) is 30.3 Å². The highest BCUT2D eigenvalue weighted by Crippen LogP contribution is 2.31. The van der Waals surface area contributed by atoms with Gasteiger partial charge in [0, 0.05) is 32.9 Å². The van der Waals surface area contributed by atoms with Crippen LogP contribution in [0.25, 0.3) is 0 Å². The number of hydrogen-bond donors (Lipinski definition) is 1. The van der Waals surface area contributed by atoms with Gasteiger partial charge in [0.25, 0.3) is 0 Å². The lowest BCUT2D eigenvalue weighted by molar-refractivity contribution is -0.134. The van der Waals surface area contributed by atoms with E-state index in [0.29, 0.717) is 12.8 Å². The first-order chi connectivity index (χ1) is 12.8. The number of nitrogens with one attached hydrogen (secondary N) is 1. The molecule has 144 valence electrons. The topological polar surface area (TPSA) is 69.7 Å². The van der Waals surface area contributed by atoms with Crippen molar-refractivity contribution in [2.75, 3.05) is 32.5 Å². The van der Waals surface area contributed by atoms with Gasteiger partial charge in [0.15, 0.2) is 0 Å². The number of sulfonamides is 1. The van der Waals surface area contributed by atoms with Crippen molar-refractivity contribution in [1.82, 2.24) is 9.21 Å². The van der Waals surface area contributed by atoms with E-state index in [-0.39, 0.29) is 23.9 Å². The summed E-state index contributed by atoms with van der Waals surface area (Å²) in [5, 5.41) is 3.37. The van der Waals surface area contributed by atoms with Gasteiger partial charge in [-0.05, 0) is 37.1 Å². The SMILES string of the molecule is CN(C)C(=O)C1(Nc2ccccc2)CCN(S(=O)(=O)c2ccccc2)CC1. The molecule has 1 heterocycles. The molecule has 3 rings (SSSR count). The highest BCUT2D eigenvalue weighted by atomic mass is 32.2. The fourth-order valence-electron chi connectivity index (χ4n) is 3.47. The molecule has 7 heteroatoms. The summed E-state index contributed by atoms with van der Waals surface area (Å²) >= 11 is 0. The van der Waals surface area contributed by atoms with Crippen molar-refractivity contribution in [1.29, 1.82) is 0 Å². The van der Waals surface area contributed by atoms with Crippen molar-refractivity contribution < 1.29 is 13.2 Å². The summed E-state index contributed by atoms with van der Waals surface area (Å²) < 4.78 is 27.2. The Morgan fingerprint density at radius 2 is 1.48 bits per heavy atom. The maximum absolute atomic E-state index is 12.9. The number of nitrogens with zero attached hydrogens (tertiary/aromatic N) is 2. The smallest absolute Gasteiger partial charge is 0.247 e. The maximum Gasteiger partial charge on any atom is 0.247 e. The molecule has 0 aliphatic carbocycles. The van der Waals surface area contributed by atoms with Crippen LogP contribution in [0.2, 0.25) is 0 Å². The molecule has 0 spiro atoms. The third-order valence-electron chi connectivity index (χ3n) is 4.93. The molecule has 1 saturated heterocycles. The number of benzene rings is 2. The highest BCUT2D eigenvalue weighted by molar-refractivity contribution is 7.89. The average Bonchev–Trinajstić information content (AvgIpc) is 2.69.